The van der Waals surface area contributed by atoms with Crippen LogP contribution in [-0.2, 0) is 0 Å². The molecule has 0 bridgehead atoms. The van der Waals surface area contributed by atoms with Gasteiger partial charge in [0.15, 0.2) is 6.29 Å². The smallest absolute Gasteiger partial charge is 0.151 e. The summed E-state index contributed by atoms with van der Waals surface area (Å²) in [5.41, 5.74) is 1.17. The van der Waals surface area contributed by atoms with E-state index in [-0.39, 0.29) is 10.5 Å². The molecule has 0 unspecified atom stereocenters. The second kappa shape index (κ2) is 5.80. The van der Waals surface area contributed by atoms with Crippen molar-refractivity contribution in [2.24, 2.45) is 0 Å². The van der Waals surface area contributed by atoms with Gasteiger partial charge < -0.3 is 0 Å². The molecular weight excluding hydrogens is 230 g/mol. The molecule has 0 aliphatic heterocycles. The van der Waals surface area contributed by atoms with Crippen molar-refractivity contribution < 1.29 is 13.6 Å². The third-order valence-corrected chi connectivity index (χ3v) is 2.94. The first-order valence-electron chi connectivity index (χ1n) is 4.75. The van der Waals surface area contributed by atoms with Crippen LogP contribution < -0.4 is 0 Å². The molecule has 0 radical (unpaired) electrons. The fraction of sp³-hybridized carbons (Fsp3) is 0.250. The Balaban J connectivity index is 2.94. The maximum Gasteiger partial charge on any atom is 0.151 e. The van der Waals surface area contributed by atoms with Crippen molar-refractivity contribution in [3.8, 4) is 0 Å². The van der Waals surface area contributed by atoms with Gasteiger partial charge in [-0.3, -0.25) is 4.79 Å². The summed E-state index contributed by atoms with van der Waals surface area (Å²) >= 11 is 1.19. The summed E-state index contributed by atoms with van der Waals surface area (Å²) in [4.78, 5) is 10.9. The number of halogens is 2. The molecule has 0 heterocycles. The molecule has 0 aromatic heterocycles. The average molecular weight is 242 g/mol. The first-order chi connectivity index (χ1) is 7.54. The third-order valence-electron chi connectivity index (χ3n) is 1.88. The van der Waals surface area contributed by atoms with Crippen LogP contribution >= 0.6 is 11.8 Å². The molecule has 1 aromatic rings. The molecule has 0 aliphatic rings. The van der Waals surface area contributed by atoms with Gasteiger partial charge in [0.1, 0.15) is 11.6 Å². The number of carbonyl (C=O) groups excluding carboxylic acids is 1. The molecule has 0 saturated heterocycles. The van der Waals surface area contributed by atoms with Gasteiger partial charge in [-0.2, -0.15) is 0 Å². The van der Waals surface area contributed by atoms with Gasteiger partial charge in [0.2, 0.25) is 0 Å². The molecule has 1 rings (SSSR count). The number of hydrogen-bond donors (Lipinski definition) is 0. The van der Waals surface area contributed by atoms with E-state index in [1.54, 1.807) is 0 Å². The van der Waals surface area contributed by atoms with Crippen molar-refractivity contribution in [1.82, 2.24) is 0 Å². The van der Waals surface area contributed by atoms with Gasteiger partial charge in [-0.1, -0.05) is 11.6 Å². The van der Waals surface area contributed by atoms with Crippen LogP contribution in [0.1, 0.15) is 24.2 Å². The fourth-order valence-corrected chi connectivity index (χ4v) is 2.17. The predicted molar refractivity (Wildman–Crippen MR) is 61.9 cm³/mol. The van der Waals surface area contributed by atoms with Crippen LogP contribution in [0.4, 0.5) is 8.78 Å². The second-order valence-electron chi connectivity index (χ2n) is 3.52. The molecule has 16 heavy (non-hydrogen) atoms. The predicted octanol–water partition coefficient (Wildman–Crippen LogP) is 3.84. The Kier molecular flexibility index (Phi) is 4.68. The van der Waals surface area contributed by atoms with Gasteiger partial charge in [-0.05, 0) is 19.9 Å². The third kappa shape index (κ3) is 3.45. The zero-order chi connectivity index (χ0) is 12.1. The Morgan fingerprint density at radius 3 is 2.62 bits per heavy atom. The Labute approximate surface area is 97.5 Å². The van der Waals surface area contributed by atoms with E-state index in [9.17, 15) is 13.6 Å². The zero-order valence-electron chi connectivity index (χ0n) is 9.09. The maximum absolute atomic E-state index is 13.4. The SMILES string of the molecule is CC(C)=CCSc1c(F)cc(F)cc1C=O. The van der Waals surface area contributed by atoms with Crippen molar-refractivity contribution in [2.45, 2.75) is 18.7 Å². The van der Waals surface area contributed by atoms with Gasteiger partial charge in [0.25, 0.3) is 0 Å². The lowest BCUT2D eigenvalue weighted by Gasteiger charge is -2.04. The number of thioether (sulfide) groups is 1. The van der Waals surface area contributed by atoms with Crippen molar-refractivity contribution in [3.05, 3.63) is 41.0 Å². The number of carbonyl (C=O) groups is 1. The van der Waals surface area contributed by atoms with Gasteiger partial charge in [0.05, 0.1) is 4.90 Å². The van der Waals surface area contributed by atoms with Crippen LogP contribution in [0, 0.1) is 11.6 Å². The molecule has 1 nitrogen and oxygen atoms in total. The van der Waals surface area contributed by atoms with E-state index < -0.39 is 11.6 Å². The molecule has 0 aliphatic carbocycles. The van der Waals surface area contributed by atoms with Crippen LogP contribution in [0.25, 0.3) is 0 Å². The summed E-state index contributed by atoms with van der Waals surface area (Å²) in [6.07, 6.45) is 2.39. The second-order valence-corrected chi connectivity index (χ2v) is 4.55. The van der Waals surface area contributed by atoms with Gasteiger partial charge >= 0.3 is 0 Å². The van der Waals surface area contributed by atoms with E-state index in [2.05, 4.69) is 0 Å². The van der Waals surface area contributed by atoms with E-state index in [1.165, 1.54) is 11.8 Å². The van der Waals surface area contributed by atoms with E-state index >= 15 is 0 Å². The lowest BCUT2D eigenvalue weighted by atomic mass is 10.2. The summed E-state index contributed by atoms with van der Waals surface area (Å²) in [6.45, 7) is 3.87. The van der Waals surface area contributed by atoms with Crippen molar-refractivity contribution in [2.75, 3.05) is 5.75 Å². The standard InChI is InChI=1S/C12H12F2OS/c1-8(2)3-4-16-12-9(7-15)5-10(13)6-11(12)14/h3,5-7H,4H2,1-2H3. The Morgan fingerprint density at radius 1 is 1.38 bits per heavy atom. The monoisotopic (exact) mass is 242 g/mol. The first-order valence-corrected chi connectivity index (χ1v) is 5.73. The summed E-state index contributed by atoms with van der Waals surface area (Å²) in [6, 6.07) is 1.83. The van der Waals surface area contributed by atoms with Crippen LogP contribution in [0.15, 0.2) is 28.7 Å². The molecule has 4 heteroatoms. The van der Waals surface area contributed by atoms with Crippen LogP contribution in [0.2, 0.25) is 0 Å². The topological polar surface area (TPSA) is 17.1 Å². The van der Waals surface area contributed by atoms with Gasteiger partial charge in [-0.25, -0.2) is 8.78 Å². The maximum atomic E-state index is 13.4. The summed E-state index contributed by atoms with van der Waals surface area (Å²) in [5, 5.41) is 0. The highest BCUT2D eigenvalue weighted by Crippen LogP contribution is 2.26. The zero-order valence-corrected chi connectivity index (χ0v) is 9.91. The summed E-state index contributed by atoms with van der Waals surface area (Å²) < 4.78 is 26.2. The van der Waals surface area contributed by atoms with E-state index in [1.807, 2.05) is 19.9 Å². The highest BCUT2D eigenvalue weighted by atomic mass is 32.2. The lowest BCUT2D eigenvalue weighted by molar-refractivity contribution is 0.111. The number of allylic oxidation sites excluding steroid dienone is 1. The molecule has 0 saturated carbocycles. The largest absolute Gasteiger partial charge is 0.298 e. The van der Waals surface area contributed by atoms with E-state index in [0.29, 0.717) is 12.0 Å². The molecule has 0 spiro atoms. The van der Waals surface area contributed by atoms with Crippen molar-refractivity contribution in [3.63, 3.8) is 0 Å². The molecule has 86 valence electrons. The Hall–Kier alpha value is -1.16. The van der Waals surface area contributed by atoms with E-state index in [0.717, 1.165) is 17.7 Å². The molecule has 0 N–H and O–H groups in total. The quantitative estimate of drug-likeness (QED) is 0.453. The van der Waals surface area contributed by atoms with Crippen LogP contribution in [-0.4, -0.2) is 12.0 Å². The molecule has 0 amide bonds. The van der Waals surface area contributed by atoms with Gasteiger partial charge in [0, 0.05) is 17.4 Å². The summed E-state index contributed by atoms with van der Waals surface area (Å²) in [5.74, 6) is -0.855. The Bertz CT molecular complexity index is 423. The minimum atomic E-state index is -0.730. The van der Waals surface area contributed by atoms with Crippen molar-refractivity contribution >= 4 is 18.0 Å². The Morgan fingerprint density at radius 2 is 2.06 bits per heavy atom. The summed E-state index contributed by atoms with van der Waals surface area (Å²) in [7, 11) is 0. The minimum absolute atomic E-state index is 0.0599. The molecular formula is C12H12F2OS. The highest BCUT2D eigenvalue weighted by Gasteiger charge is 2.10. The normalized spacial score (nSPS) is 10.0. The number of aldehydes is 1. The van der Waals surface area contributed by atoms with E-state index in [4.69, 9.17) is 0 Å². The molecule has 0 fully saturated rings. The first kappa shape index (κ1) is 12.9. The number of benzene rings is 1. The number of hydrogen-bond acceptors (Lipinski definition) is 2. The highest BCUT2D eigenvalue weighted by molar-refractivity contribution is 7.99. The number of rotatable bonds is 4. The van der Waals surface area contributed by atoms with Crippen LogP contribution in [0.3, 0.4) is 0 Å². The van der Waals surface area contributed by atoms with Crippen molar-refractivity contribution in [1.29, 1.82) is 0 Å². The average Bonchev–Trinajstić information content (AvgIpc) is 2.20. The van der Waals surface area contributed by atoms with Gasteiger partial charge in [-0.15, -0.1) is 11.8 Å². The molecule has 1 aromatic carbocycles. The lowest BCUT2D eigenvalue weighted by Crippen LogP contribution is -1.93. The van der Waals surface area contributed by atoms with Crippen LogP contribution in [0.5, 0.6) is 0 Å². The minimum Gasteiger partial charge on any atom is -0.298 e. The fourth-order valence-electron chi connectivity index (χ4n) is 1.11. The molecule has 0 atom stereocenters.